The molecule has 0 radical (unpaired) electrons. The molecule has 0 spiro atoms. The van der Waals surface area contributed by atoms with E-state index in [2.05, 4.69) is 20.8 Å². The van der Waals surface area contributed by atoms with Gasteiger partial charge in [-0.25, -0.2) is 0 Å². The van der Waals surface area contributed by atoms with Crippen molar-refractivity contribution in [1.82, 2.24) is 0 Å². The Morgan fingerprint density at radius 3 is 1.70 bits per heavy atom. The van der Waals surface area contributed by atoms with Gasteiger partial charge in [0.05, 0.1) is 17.9 Å². The van der Waals surface area contributed by atoms with E-state index in [9.17, 15) is 19.8 Å². The zero-order valence-electron chi connectivity index (χ0n) is 16.1. The van der Waals surface area contributed by atoms with Crippen molar-refractivity contribution in [3.8, 4) is 0 Å². The molecule has 5 nitrogen and oxygen atoms in total. The van der Waals surface area contributed by atoms with Gasteiger partial charge in [0.25, 0.3) is 0 Å². The molecule has 6 heteroatoms. The van der Waals surface area contributed by atoms with Crippen LogP contribution in [0.3, 0.4) is 0 Å². The summed E-state index contributed by atoms with van der Waals surface area (Å²) in [5, 5.41) is 19.2. The summed E-state index contributed by atoms with van der Waals surface area (Å²) in [5.74, 6) is -2.02. The number of aliphatic carboxylic acids is 2. The summed E-state index contributed by atoms with van der Waals surface area (Å²) in [6.45, 7) is 17.5. The van der Waals surface area contributed by atoms with E-state index >= 15 is 0 Å². The molecule has 136 valence electrons. The molecule has 0 saturated heterocycles. The summed E-state index contributed by atoms with van der Waals surface area (Å²) in [4.78, 5) is 23.6. The molecule has 0 rings (SSSR count). The van der Waals surface area contributed by atoms with E-state index in [0.29, 0.717) is 6.42 Å². The monoisotopic (exact) mass is 346 g/mol. The maximum atomic E-state index is 12.2. The second kappa shape index (κ2) is 6.93. The van der Waals surface area contributed by atoms with Gasteiger partial charge < -0.3 is 14.6 Å². The maximum absolute atomic E-state index is 12.2. The van der Waals surface area contributed by atoms with Crippen LogP contribution in [0.1, 0.15) is 61.3 Å². The Bertz CT molecular complexity index is 445. The van der Waals surface area contributed by atoms with Gasteiger partial charge in [-0.1, -0.05) is 48.5 Å². The van der Waals surface area contributed by atoms with Crippen molar-refractivity contribution < 1.29 is 24.2 Å². The molecule has 0 aromatic carbocycles. The van der Waals surface area contributed by atoms with Gasteiger partial charge in [0.2, 0.25) is 0 Å². The molecular formula is C17H34O5Si. The SMILES string of the molecule is CCC(C(=O)O)([C@@H](CC(=O)O)O[Si](C)(C)C(C)(C)C)C(C)(C)C. The second-order valence-corrected chi connectivity index (χ2v) is 13.6. The molecule has 0 aromatic rings. The first kappa shape index (κ1) is 22.1. The average molecular weight is 347 g/mol. The molecule has 0 saturated carbocycles. The Morgan fingerprint density at radius 1 is 1.04 bits per heavy atom. The van der Waals surface area contributed by atoms with Crippen LogP contribution in [-0.4, -0.2) is 36.6 Å². The van der Waals surface area contributed by atoms with Crippen LogP contribution >= 0.6 is 0 Å². The minimum atomic E-state index is -2.31. The number of hydrogen-bond acceptors (Lipinski definition) is 3. The third-order valence-corrected chi connectivity index (χ3v) is 9.92. The highest BCUT2D eigenvalue weighted by molar-refractivity contribution is 6.74. The van der Waals surface area contributed by atoms with E-state index in [-0.39, 0.29) is 11.5 Å². The van der Waals surface area contributed by atoms with E-state index in [1.807, 2.05) is 33.9 Å². The number of hydrogen-bond donors (Lipinski definition) is 2. The standard InChI is InChI=1S/C17H34O5Si/c1-10-17(14(20)21,15(2,3)4)12(11-13(18)19)22-23(8,9)16(5,6)7/h12H,10-11H2,1-9H3,(H,18,19)(H,20,21)/t12-,17?/m1/s1. The molecule has 0 heterocycles. The quantitative estimate of drug-likeness (QED) is 0.668. The van der Waals surface area contributed by atoms with E-state index in [1.165, 1.54) is 0 Å². The lowest BCUT2D eigenvalue weighted by molar-refractivity contribution is -0.170. The smallest absolute Gasteiger partial charge is 0.312 e. The molecule has 0 aliphatic carbocycles. The van der Waals surface area contributed by atoms with Crippen LogP contribution < -0.4 is 0 Å². The molecule has 1 unspecified atom stereocenters. The van der Waals surface area contributed by atoms with Gasteiger partial charge in [0.1, 0.15) is 0 Å². The summed E-state index contributed by atoms with van der Waals surface area (Å²) in [5.41, 5.74) is -1.88. The van der Waals surface area contributed by atoms with Crippen LogP contribution in [0.15, 0.2) is 0 Å². The first-order valence-corrected chi connectivity index (χ1v) is 11.1. The Kier molecular flexibility index (Phi) is 6.66. The summed E-state index contributed by atoms with van der Waals surface area (Å²) in [6, 6.07) is 0. The second-order valence-electron chi connectivity index (χ2n) is 8.84. The van der Waals surface area contributed by atoms with Crippen molar-refractivity contribution in [1.29, 1.82) is 0 Å². The van der Waals surface area contributed by atoms with Gasteiger partial charge >= 0.3 is 11.9 Å². The maximum Gasteiger partial charge on any atom is 0.312 e. The van der Waals surface area contributed by atoms with Gasteiger partial charge in [-0.2, -0.15) is 0 Å². The van der Waals surface area contributed by atoms with Crippen LogP contribution in [0.4, 0.5) is 0 Å². The molecule has 2 atom stereocenters. The molecular weight excluding hydrogens is 312 g/mol. The van der Waals surface area contributed by atoms with Crippen LogP contribution in [0, 0.1) is 10.8 Å². The minimum absolute atomic E-state index is 0.125. The first-order valence-electron chi connectivity index (χ1n) is 8.16. The number of rotatable bonds is 7. The molecule has 0 fully saturated rings. The Balaban J connectivity index is 6.13. The van der Waals surface area contributed by atoms with E-state index in [4.69, 9.17) is 4.43 Å². The Hall–Kier alpha value is -0.883. The summed E-state index contributed by atoms with van der Waals surface area (Å²) in [6.07, 6.45) is -0.842. The van der Waals surface area contributed by atoms with Crippen molar-refractivity contribution in [2.75, 3.05) is 0 Å². The predicted octanol–water partition coefficient (Wildman–Crippen LogP) is 4.38. The topological polar surface area (TPSA) is 83.8 Å². The normalized spacial score (nSPS) is 17.4. The van der Waals surface area contributed by atoms with Gasteiger partial charge in [0, 0.05) is 0 Å². The minimum Gasteiger partial charge on any atom is -0.481 e. The lowest BCUT2D eigenvalue weighted by Crippen LogP contribution is -2.57. The van der Waals surface area contributed by atoms with Gasteiger partial charge in [0.15, 0.2) is 8.32 Å². The molecule has 0 aliphatic heterocycles. The van der Waals surface area contributed by atoms with Crippen LogP contribution in [0.5, 0.6) is 0 Å². The molecule has 0 aromatic heterocycles. The van der Waals surface area contributed by atoms with Crippen LogP contribution in [-0.2, 0) is 14.0 Å². The van der Waals surface area contributed by atoms with E-state index in [0.717, 1.165) is 0 Å². The summed E-state index contributed by atoms with van der Waals surface area (Å²) < 4.78 is 6.33. The first-order chi connectivity index (χ1) is 10.0. The lowest BCUT2D eigenvalue weighted by atomic mass is 9.61. The fraction of sp³-hybridized carbons (Fsp3) is 0.882. The lowest BCUT2D eigenvalue weighted by Gasteiger charge is -2.49. The molecule has 0 amide bonds. The largest absolute Gasteiger partial charge is 0.481 e. The van der Waals surface area contributed by atoms with E-state index in [1.54, 1.807) is 6.92 Å². The highest BCUT2D eigenvalue weighted by Gasteiger charge is 2.56. The average Bonchev–Trinajstić information content (AvgIpc) is 2.24. The highest BCUT2D eigenvalue weighted by atomic mass is 28.4. The third kappa shape index (κ3) is 4.56. The molecule has 23 heavy (non-hydrogen) atoms. The predicted molar refractivity (Wildman–Crippen MR) is 94.1 cm³/mol. The van der Waals surface area contributed by atoms with Gasteiger partial charge in [-0.05, 0) is 30.0 Å². The summed E-state index contributed by atoms with van der Waals surface area (Å²) in [7, 11) is -2.31. The highest BCUT2D eigenvalue weighted by Crippen LogP contribution is 2.49. The van der Waals surface area contributed by atoms with E-state index < -0.39 is 37.2 Å². The van der Waals surface area contributed by atoms with Crippen molar-refractivity contribution >= 4 is 20.3 Å². The fourth-order valence-electron chi connectivity index (χ4n) is 2.86. The van der Waals surface area contributed by atoms with Crippen molar-refractivity contribution in [2.24, 2.45) is 10.8 Å². The Morgan fingerprint density at radius 2 is 1.48 bits per heavy atom. The van der Waals surface area contributed by atoms with Crippen molar-refractivity contribution in [2.45, 2.75) is 85.5 Å². The van der Waals surface area contributed by atoms with Crippen molar-refractivity contribution in [3.63, 3.8) is 0 Å². The van der Waals surface area contributed by atoms with Crippen LogP contribution in [0.2, 0.25) is 18.1 Å². The zero-order chi connectivity index (χ0) is 18.9. The third-order valence-electron chi connectivity index (χ3n) is 5.43. The van der Waals surface area contributed by atoms with Crippen molar-refractivity contribution in [3.05, 3.63) is 0 Å². The molecule has 2 N–H and O–H groups in total. The zero-order valence-corrected chi connectivity index (χ0v) is 17.1. The summed E-state index contributed by atoms with van der Waals surface area (Å²) >= 11 is 0. The number of carbonyl (C=O) groups is 2. The number of carboxylic acids is 2. The molecule has 0 bridgehead atoms. The fourth-order valence-corrected chi connectivity index (χ4v) is 4.21. The van der Waals surface area contributed by atoms with Crippen LogP contribution in [0.25, 0.3) is 0 Å². The molecule has 0 aliphatic rings. The van der Waals surface area contributed by atoms with Gasteiger partial charge in [-0.3, -0.25) is 9.59 Å². The van der Waals surface area contributed by atoms with Gasteiger partial charge in [-0.15, -0.1) is 0 Å². The Labute approximate surface area is 141 Å². The number of carboxylic acid groups (broad SMARTS) is 2.